The minimum Gasteiger partial charge on any atom is -0.479 e. The van der Waals surface area contributed by atoms with Gasteiger partial charge in [-0.1, -0.05) is 41.9 Å². The molecule has 1 heterocycles. The lowest BCUT2D eigenvalue weighted by Crippen LogP contribution is -2.47. The van der Waals surface area contributed by atoms with E-state index >= 15 is 0 Å². The van der Waals surface area contributed by atoms with Gasteiger partial charge in [0.2, 0.25) is 0 Å². The summed E-state index contributed by atoms with van der Waals surface area (Å²) in [5.41, 5.74) is 0.999. The molecule has 0 unspecified atom stereocenters. The van der Waals surface area contributed by atoms with Crippen LogP contribution in [0.2, 0.25) is 5.02 Å². The summed E-state index contributed by atoms with van der Waals surface area (Å²) in [5.74, 6) is -0.838. The van der Waals surface area contributed by atoms with Crippen LogP contribution in [0.15, 0.2) is 65.9 Å². The molecule has 0 radical (unpaired) electrons. The third-order valence-corrected chi connectivity index (χ3v) is 4.85. The minimum absolute atomic E-state index is 0.146. The quantitative estimate of drug-likeness (QED) is 0.587. The summed E-state index contributed by atoms with van der Waals surface area (Å²) >= 11 is 5.85. The number of halogens is 1. The molecule has 0 aromatic heterocycles. The Kier molecular flexibility index (Phi) is 7.72. The fraction of sp³-hybridized carbons (Fsp3) is 0.261. The highest BCUT2D eigenvalue weighted by molar-refractivity contribution is 6.30. The van der Waals surface area contributed by atoms with E-state index in [0.29, 0.717) is 16.3 Å². The standard InChI is InChI=1S/C23H23ClN2O6/c1-3-30-22(28)19-18(25-23(29)26-20(19)15-7-5-4-6-8-15)13-31-21(27)14(2)32-17-11-9-16(24)10-12-17/h4-12,14,20H,3,13H2,1-2H3,(H2,25,26,29)/t14-,20-/m1/s1. The second kappa shape index (κ2) is 10.7. The van der Waals surface area contributed by atoms with Gasteiger partial charge in [-0.05, 0) is 43.7 Å². The molecule has 3 rings (SSSR count). The van der Waals surface area contributed by atoms with Crippen molar-refractivity contribution in [3.8, 4) is 5.75 Å². The van der Waals surface area contributed by atoms with Gasteiger partial charge in [0.15, 0.2) is 6.10 Å². The van der Waals surface area contributed by atoms with E-state index < -0.39 is 30.1 Å². The predicted molar refractivity (Wildman–Crippen MR) is 117 cm³/mol. The van der Waals surface area contributed by atoms with E-state index in [4.69, 9.17) is 25.8 Å². The van der Waals surface area contributed by atoms with Crippen LogP contribution in [0.5, 0.6) is 5.75 Å². The van der Waals surface area contributed by atoms with Crippen LogP contribution in [0, 0.1) is 0 Å². The predicted octanol–water partition coefficient (Wildman–Crippen LogP) is 3.52. The monoisotopic (exact) mass is 458 g/mol. The Balaban J connectivity index is 1.78. The lowest BCUT2D eigenvalue weighted by atomic mass is 9.95. The fourth-order valence-corrected chi connectivity index (χ4v) is 3.23. The minimum atomic E-state index is -0.926. The molecule has 8 nitrogen and oxygen atoms in total. The number of benzene rings is 2. The van der Waals surface area contributed by atoms with E-state index in [-0.39, 0.29) is 24.5 Å². The zero-order valence-corrected chi connectivity index (χ0v) is 18.3. The van der Waals surface area contributed by atoms with Crippen LogP contribution >= 0.6 is 11.6 Å². The van der Waals surface area contributed by atoms with Gasteiger partial charge in [-0.25, -0.2) is 14.4 Å². The van der Waals surface area contributed by atoms with Crippen molar-refractivity contribution >= 4 is 29.6 Å². The number of carbonyl (C=O) groups excluding carboxylic acids is 3. The molecule has 0 spiro atoms. The maximum atomic E-state index is 12.7. The number of ether oxygens (including phenoxy) is 3. The van der Waals surface area contributed by atoms with Gasteiger partial charge in [0.05, 0.1) is 23.9 Å². The van der Waals surface area contributed by atoms with Crippen molar-refractivity contribution in [1.29, 1.82) is 0 Å². The first-order chi connectivity index (χ1) is 15.4. The van der Waals surface area contributed by atoms with Crippen molar-refractivity contribution in [3.05, 3.63) is 76.5 Å². The number of amides is 2. The Morgan fingerprint density at radius 3 is 2.41 bits per heavy atom. The van der Waals surface area contributed by atoms with Crippen molar-refractivity contribution in [2.24, 2.45) is 0 Å². The molecule has 9 heteroatoms. The maximum absolute atomic E-state index is 12.7. The maximum Gasteiger partial charge on any atom is 0.347 e. The van der Waals surface area contributed by atoms with Gasteiger partial charge in [0, 0.05) is 5.02 Å². The summed E-state index contributed by atoms with van der Waals surface area (Å²) in [7, 11) is 0. The highest BCUT2D eigenvalue weighted by Gasteiger charge is 2.34. The Labute approximate surface area is 190 Å². The molecule has 2 amide bonds. The first-order valence-electron chi connectivity index (χ1n) is 10.0. The molecule has 0 aliphatic carbocycles. The largest absolute Gasteiger partial charge is 0.479 e. The number of urea groups is 1. The molecule has 168 valence electrons. The lowest BCUT2D eigenvalue weighted by molar-refractivity contribution is -0.150. The van der Waals surface area contributed by atoms with E-state index in [1.54, 1.807) is 55.5 Å². The van der Waals surface area contributed by atoms with Crippen LogP contribution in [0.25, 0.3) is 0 Å². The zero-order chi connectivity index (χ0) is 23.1. The highest BCUT2D eigenvalue weighted by Crippen LogP contribution is 2.28. The van der Waals surface area contributed by atoms with Crippen molar-refractivity contribution < 1.29 is 28.6 Å². The van der Waals surface area contributed by atoms with Crippen LogP contribution in [0.3, 0.4) is 0 Å². The summed E-state index contributed by atoms with van der Waals surface area (Å²) in [6.07, 6.45) is -0.926. The third kappa shape index (κ3) is 5.79. The molecule has 2 N–H and O–H groups in total. The lowest BCUT2D eigenvalue weighted by Gasteiger charge is -2.29. The van der Waals surface area contributed by atoms with Crippen molar-refractivity contribution in [2.75, 3.05) is 13.2 Å². The first kappa shape index (κ1) is 23.1. The number of nitrogens with one attached hydrogen (secondary N) is 2. The summed E-state index contributed by atoms with van der Waals surface area (Å²) in [5, 5.41) is 5.81. The number of hydrogen-bond acceptors (Lipinski definition) is 6. The van der Waals surface area contributed by atoms with Gasteiger partial charge in [-0.2, -0.15) is 0 Å². The Morgan fingerprint density at radius 1 is 1.06 bits per heavy atom. The van der Waals surface area contributed by atoms with Gasteiger partial charge in [-0.15, -0.1) is 0 Å². The van der Waals surface area contributed by atoms with Gasteiger partial charge in [-0.3, -0.25) is 0 Å². The number of hydrogen-bond donors (Lipinski definition) is 2. The average Bonchev–Trinajstić information content (AvgIpc) is 2.79. The van der Waals surface area contributed by atoms with Crippen LogP contribution in [-0.2, 0) is 19.1 Å². The second-order valence-corrected chi connectivity index (χ2v) is 7.31. The average molecular weight is 459 g/mol. The third-order valence-electron chi connectivity index (χ3n) is 4.60. The van der Waals surface area contributed by atoms with E-state index in [2.05, 4.69) is 10.6 Å². The molecule has 32 heavy (non-hydrogen) atoms. The molecular weight excluding hydrogens is 436 g/mol. The van der Waals surface area contributed by atoms with E-state index in [0.717, 1.165) is 0 Å². The molecule has 0 saturated carbocycles. The fourth-order valence-electron chi connectivity index (χ4n) is 3.10. The summed E-state index contributed by atoms with van der Waals surface area (Å²) in [6.45, 7) is 3.03. The van der Waals surface area contributed by atoms with Crippen molar-refractivity contribution in [3.63, 3.8) is 0 Å². The SMILES string of the molecule is CCOC(=O)C1=C(COC(=O)[C@@H](C)Oc2ccc(Cl)cc2)NC(=O)N[C@@H]1c1ccccc1. The Bertz CT molecular complexity index is 1010. The Hall–Kier alpha value is -3.52. The van der Waals surface area contributed by atoms with Crippen molar-refractivity contribution in [1.82, 2.24) is 10.6 Å². The van der Waals surface area contributed by atoms with Crippen LogP contribution in [0.4, 0.5) is 4.79 Å². The molecule has 2 atom stereocenters. The van der Waals surface area contributed by atoms with Crippen molar-refractivity contribution in [2.45, 2.75) is 26.0 Å². The molecule has 2 aromatic carbocycles. The van der Waals surface area contributed by atoms with Gasteiger partial charge < -0.3 is 24.8 Å². The molecule has 1 aliphatic rings. The first-order valence-corrected chi connectivity index (χ1v) is 10.4. The van der Waals surface area contributed by atoms with Gasteiger partial charge >= 0.3 is 18.0 Å². The molecule has 2 aromatic rings. The normalized spacial score (nSPS) is 16.5. The van der Waals surface area contributed by atoms with Crippen LogP contribution in [-0.4, -0.2) is 37.3 Å². The van der Waals surface area contributed by atoms with E-state index in [1.165, 1.54) is 6.92 Å². The van der Waals surface area contributed by atoms with Crippen LogP contribution in [0.1, 0.15) is 25.5 Å². The van der Waals surface area contributed by atoms with Gasteiger partial charge in [0.25, 0.3) is 0 Å². The molecule has 0 saturated heterocycles. The zero-order valence-electron chi connectivity index (χ0n) is 17.6. The number of esters is 2. The summed E-state index contributed by atoms with van der Waals surface area (Å²) in [4.78, 5) is 37.4. The summed E-state index contributed by atoms with van der Waals surface area (Å²) in [6, 6.07) is 14.2. The molecular formula is C23H23ClN2O6. The number of rotatable bonds is 8. The molecule has 0 fully saturated rings. The number of carbonyl (C=O) groups is 3. The van der Waals surface area contributed by atoms with E-state index in [9.17, 15) is 14.4 Å². The van der Waals surface area contributed by atoms with Gasteiger partial charge in [0.1, 0.15) is 12.4 Å². The second-order valence-electron chi connectivity index (χ2n) is 6.88. The topological polar surface area (TPSA) is 103 Å². The summed E-state index contributed by atoms with van der Waals surface area (Å²) < 4.78 is 16.1. The Morgan fingerprint density at radius 2 is 1.75 bits per heavy atom. The molecule has 1 aliphatic heterocycles. The van der Waals surface area contributed by atoms with Crippen LogP contribution < -0.4 is 15.4 Å². The van der Waals surface area contributed by atoms with E-state index in [1.807, 2.05) is 6.07 Å². The highest BCUT2D eigenvalue weighted by atomic mass is 35.5. The smallest absolute Gasteiger partial charge is 0.347 e. The molecule has 0 bridgehead atoms.